The van der Waals surface area contributed by atoms with Crippen molar-refractivity contribution >= 4 is 5.78 Å². The van der Waals surface area contributed by atoms with Crippen LogP contribution in [0, 0.1) is 17.3 Å². The van der Waals surface area contributed by atoms with Gasteiger partial charge in [0.25, 0.3) is 0 Å². The first kappa shape index (κ1) is 22.5. The van der Waals surface area contributed by atoms with Crippen molar-refractivity contribution in [1.29, 1.82) is 0 Å². The van der Waals surface area contributed by atoms with Crippen LogP contribution in [0.1, 0.15) is 89.7 Å². The maximum Gasteiger partial charge on any atom is 0.137 e. The number of aromatic hydroxyl groups is 2. The van der Waals surface area contributed by atoms with Crippen LogP contribution in [0.4, 0.5) is 0 Å². The Labute approximate surface area is 179 Å². The smallest absolute Gasteiger partial charge is 0.137 e. The van der Waals surface area contributed by atoms with Crippen LogP contribution in [0.25, 0.3) is 10.4 Å². The van der Waals surface area contributed by atoms with Gasteiger partial charge in [-0.25, -0.2) is 0 Å². The minimum atomic E-state index is -0.179. The fourth-order valence-electron chi connectivity index (χ4n) is 5.68. The lowest BCUT2D eigenvalue weighted by atomic mass is 9.44. The van der Waals surface area contributed by atoms with Crippen LogP contribution in [0.15, 0.2) is 17.2 Å². The molecule has 6 heteroatoms. The lowest BCUT2D eigenvalue weighted by Crippen LogP contribution is -2.56. The van der Waals surface area contributed by atoms with Crippen molar-refractivity contribution in [3.8, 4) is 11.5 Å². The van der Waals surface area contributed by atoms with Crippen molar-refractivity contribution in [3.63, 3.8) is 0 Å². The van der Waals surface area contributed by atoms with E-state index in [9.17, 15) is 15.0 Å². The average molecular weight is 414 g/mol. The second-order valence-corrected chi connectivity index (χ2v) is 10.4. The van der Waals surface area contributed by atoms with Crippen LogP contribution in [0.5, 0.6) is 11.5 Å². The van der Waals surface area contributed by atoms with Gasteiger partial charge in [0.1, 0.15) is 17.3 Å². The Morgan fingerprint density at radius 1 is 1.17 bits per heavy atom. The number of hydrogen-bond donors (Lipinski definition) is 2. The third-order valence-corrected chi connectivity index (χ3v) is 7.80. The number of nitrogens with zero attached hydrogens (tertiary/aromatic N) is 3. The van der Waals surface area contributed by atoms with Gasteiger partial charge in [-0.15, -0.1) is 0 Å². The van der Waals surface area contributed by atoms with E-state index in [0.717, 1.165) is 44.1 Å². The van der Waals surface area contributed by atoms with Gasteiger partial charge in [-0.2, -0.15) is 0 Å². The van der Waals surface area contributed by atoms with Gasteiger partial charge in [-0.05, 0) is 59.2 Å². The summed E-state index contributed by atoms with van der Waals surface area (Å²) in [4.78, 5) is 15.3. The molecule has 164 valence electrons. The topological polar surface area (TPSA) is 106 Å². The number of phenols is 2. The van der Waals surface area contributed by atoms with Crippen molar-refractivity contribution in [2.75, 3.05) is 6.54 Å². The fraction of sp³-hybridized carbons (Fsp3) is 0.708. The Kier molecular flexibility index (Phi) is 6.37. The Morgan fingerprint density at radius 2 is 1.80 bits per heavy atom. The molecular weight excluding hydrogens is 378 g/mol. The molecule has 3 fully saturated rings. The third kappa shape index (κ3) is 4.15. The number of benzene rings is 1. The molecule has 3 atom stereocenters. The molecule has 2 bridgehead atoms. The maximum absolute atomic E-state index is 12.5. The van der Waals surface area contributed by atoms with E-state index in [2.05, 4.69) is 37.7 Å². The van der Waals surface area contributed by atoms with E-state index >= 15 is 0 Å². The van der Waals surface area contributed by atoms with Crippen molar-refractivity contribution in [1.82, 2.24) is 0 Å². The van der Waals surface area contributed by atoms with Crippen molar-refractivity contribution in [3.05, 3.63) is 33.7 Å². The number of unbranched alkanes of at least 4 members (excludes halogenated alkanes) is 3. The van der Waals surface area contributed by atoms with Gasteiger partial charge >= 0.3 is 0 Å². The molecule has 0 aliphatic heterocycles. The predicted molar refractivity (Wildman–Crippen MR) is 118 cm³/mol. The summed E-state index contributed by atoms with van der Waals surface area (Å²) in [5.74, 6) is 0.842. The molecule has 2 unspecified atom stereocenters. The van der Waals surface area contributed by atoms with E-state index in [4.69, 9.17) is 5.53 Å². The highest BCUT2D eigenvalue weighted by Gasteiger charge is 2.59. The minimum Gasteiger partial charge on any atom is -0.508 e. The van der Waals surface area contributed by atoms with E-state index in [1.807, 2.05) is 0 Å². The van der Waals surface area contributed by atoms with Crippen LogP contribution in [0.3, 0.4) is 0 Å². The zero-order valence-electron chi connectivity index (χ0n) is 18.7. The van der Waals surface area contributed by atoms with Gasteiger partial charge < -0.3 is 10.2 Å². The van der Waals surface area contributed by atoms with Gasteiger partial charge in [0.05, 0.1) is 0 Å². The molecule has 3 aliphatic carbocycles. The van der Waals surface area contributed by atoms with Gasteiger partial charge in [0, 0.05) is 35.3 Å². The molecule has 1 aromatic rings. The molecule has 0 spiro atoms. The second kappa shape index (κ2) is 8.50. The summed E-state index contributed by atoms with van der Waals surface area (Å²) in [7, 11) is 0. The van der Waals surface area contributed by atoms with Crippen LogP contribution in [-0.2, 0) is 10.2 Å². The number of hydrogen-bond acceptors (Lipinski definition) is 4. The van der Waals surface area contributed by atoms with Gasteiger partial charge in [0.2, 0.25) is 0 Å². The number of phenolic OH excluding ortho intramolecular Hbond substituents is 2. The lowest BCUT2D eigenvalue weighted by molar-refractivity contribution is -0.151. The van der Waals surface area contributed by atoms with E-state index in [-0.39, 0.29) is 39.9 Å². The first-order valence-corrected chi connectivity index (χ1v) is 11.2. The highest BCUT2D eigenvalue weighted by atomic mass is 16.3. The summed E-state index contributed by atoms with van der Waals surface area (Å²) in [6, 6.07) is 3.58. The molecule has 4 rings (SSSR count). The van der Waals surface area contributed by atoms with Crippen LogP contribution in [-0.4, -0.2) is 22.5 Å². The molecular formula is C24H35N3O3. The van der Waals surface area contributed by atoms with Crippen LogP contribution >= 0.6 is 0 Å². The molecule has 6 nitrogen and oxygen atoms in total. The molecule has 0 saturated heterocycles. The van der Waals surface area contributed by atoms with Crippen LogP contribution < -0.4 is 0 Å². The minimum absolute atomic E-state index is 0.0601. The molecule has 30 heavy (non-hydrogen) atoms. The molecule has 0 radical (unpaired) electrons. The number of fused-ring (bicyclic) bond motifs is 2. The molecule has 1 aromatic carbocycles. The highest BCUT2D eigenvalue weighted by Crippen LogP contribution is 2.64. The number of azide groups is 1. The Morgan fingerprint density at radius 3 is 2.37 bits per heavy atom. The zero-order chi connectivity index (χ0) is 22.1. The van der Waals surface area contributed by atoms with Crippen molar-refractivity contribution in [2.45, 2.75) is 84.0 Å². The summed E-state index contributed by atoms with van der Waals surface area (Å²) in [5, 5.41) is 25.3. The number of rotatable bonds is 9. The van der Waals surface area contributed by atoms with E-state index < -0.39 is 0 Å². The second-order valence-electron chi connectivity index (χ2n) is 10.4. The third-order valence-electron chi connectivity index (χ3n) is 7.80. The summed E-state index contributed by atoms with van der Waals surface area (Å²) >= 11 is 0. The van der Waals surface area contributed by atoms with Gasteiger partial charge in [-0.1, -0.05) is 52.1 Å². The SMILES string of the molecule is CC(C)(CCCCCCN=[N+]=[N-])c1cc(O)c([C@@H]2CC(=O)C3CC2C3(C)C)c(O)c1. The molecule has 3 aliphatic rings. The number of carbonyl (C=O) groups is 1. The maximum atomic E-state index is 12.5. The lowest BCUT2D eigenvalue weighted by Gasteiger charge is -2.59. The highest BCUT2D eigenvalue weighted by molar-refractivity contribution is 5.86. The first-order chi connectivity index (χ1) is 14.1. The Bertz CT molecular complexity index is 832. The van der Waals surface area contributed by atoms with Crippen molar-refractivity contribution in [2.24, 2.45) is 22.4 Å². The fourth-order valence-corrected chi connectivity index (χ4v) is 5.68. The normalized spacial score (nSPS) is 24.8. The molecule has 0 amide bonds. The monoisotopic (exact) mass is 413 g/mol. The summed E-state index contributed by atoms with van der Waals surface area (Å²) in [5.41, 5.74) is 9.54. The van der Waals surface area contributed by atoms with Gasteiger partial charge in [0.15, 0.2) is 0 Å². The standard InChI is InChI=1S/C24H35N3O3/c1-23(2,9-7-5-6-8-10-26-27-25)15-11-20(29)22(21(30)12-15)16-13-19(28)18-14-17(16)24(18,3)4/h11-12,16-18,29-30H,5-10,13-14H2,1-4H3/t16-,17?,18?/m1/s1. The largest absolute Gasteiger partial charge is 0.508 e. The number of Topliss-reactive ketones (excluding diaryl/α,β-unsaturated/α-hetero) is 1. The molecule has 2 N–H and O–H groups in total. The van der Waals surface area contributed by atoms with E-state index in [1.54, 1.807) is 12.1 Å². The summed E-state index contributed by atoms with van der Waals surface area (Å²) in [6.45, 7) is 9.07. The summed E-state index contributed by atoms with van der Waals surface area (Å²) in [6.07, 6.45) is 6.23. The molecule has 0 heterocycles. The van der Waals surface area contributed by atoms with Gasteiger partial charge in [-0.3, -0.25) is 4.79 Å². The van der Waals surface area contributed by atoms with Crippen LogP contribution in [0.2, 0.25) is 0 Å². The quantitative estimate of drug-likeness (QED) is 0.213. The first-order valence-electron chi connectivity index (χ1n) is 11.2. The van der Waals surface area contributed by atoms with Crippen molar-refractivity contribution < 1.29 is 15.0 Å². The molecule has 3 saturated carbocycles. The number of carbonyl (C=O) groups excluding carboxylic acids is 1. The Balaban J connectivity index is 1.69. The Hall–Kier alpha value is -2.20. The predicted octanol–water partition coefficient (Wildman–Crippen LogP) is 6.35. The number of ketones is 1. The zero-order valence-corrected chi connectivity index (χ0v) is 18.7. The van der Waals surface area contributed by atoms with E-state index in [0.29, 0.717) is 24.4 Å². The summed E-state index contributed by atoms with van der Waals surface area (Å²) < 4.78 is 0. The average Bonchev–Trinajstić information content (AvgIpc) is 2.65. The van der Waals surface area contributed by atoms with E-state index in [1.165, 1.54) is 0 Å². The molecule has 0 aromatic heterocycles.